The lowest BCUT2D eigenvalue weighted by Crippen LogP contribution is -2.54. The van der Waals surface area contributed by atoms with Crippen molar-refractivity contribution in [2.75, 3.05) is 14.2 Å². The first-order valence-corrected chi connectivity index (χ1v) is 13.6. The van der Waals surface area contributed by atoms with Crippen LogP contribution in [0, 0.1) is 0 Å². The lowest BCUT2D eigenvalue weighted by molar-refractivity contribution is -0.141. The van der Waals surface area contributed by atoms with Crippen molar-refractivity contribution >= 4 is 35.0 Å². The van der Waals surface area contributed by atoms with Gasteiger partial charge in [0, 0.05) is 35.0 Å². The summed E-state index contributed by atoms with van der Waals surface area (Å²) in [4.78, 5) is 29.2. The second kappa shape index (κ2) is 13.7. The zero-order chi connectivity index (χ0) is 28.6. The fourth-order valence-electron chi connectivity index (χ4n) is 4.27. The van der Waals surface area contributed by atoms with Crippen LogP contribution >= 0.6 is 23.2 Å². The lowest BCUT2D eigenvalue weighted by Gasteiger charge is -2.34. The molecule has 3 aromatic carbocycles. The first-order valence-electron chi connectivity index (χ1n) is 12.8. The standard InChI is InChI=1S/C31H36Cl2N2O4/c1-31(2,3)34-30(37)26(17-21-9-7-6-8-10-21)35(20-23-13-14-24(32)19-25(23)33)29(36)16-12-22-11-15-27(38-4)28(18-22)39-5/h6-11,13-15,18-19,26H,12,16-17,20H2,1-5H3,(H,34,37). The third-order valence-electron chi connectivity index (χ3n) is 6.20. The zero-order valence-corrected chi connectivity index (χ0v) is 24.6. The van der Waals surface area contributed by atoms with Gasteiger partial charge >= 0.3 is 0 Å². The van der Waals surface area contributed by atoms with E-state index in [9.17, 15) is 9.59 Å². The van der Waals surface area contributed by atoms with E-state index in [2.05, 4.69) is 5.32 Å². The van der Waals surface area contributed by atoms with Crippen LogP contribution in [-0.2, 0) is 29.0 Å². The Balaban J connectivity index is 1.96. The van der Waals surface area contributed by atoms with E-state index >= 15 is 0 Å². The van der Waals surface area contributed by atoms with Crippen molar-refractivity contribution in [1.82, 2.24) is 10.2 Å². The molecule has 8 heteroatoms. The molecule has 208 valence electrons. The summed E-state index contributed by atoms with van der Waals surface area (Å²) in [7, 11) is 3.16. The molecule has 0 fully saturated rings. The van der Waals surface area contributed by atoms with Gasteiger partial charge < -0.3 is 19.7 Å². The van der Waals surface area contributed by atoms with E-state index in [1.807, 2.05) is 69.3 Å². The van der Waals surface area contributed by atoms with Crippen molar-refractivity contribution in [2.45, 2.75) is 58.2 Å². The van der Waals surface area contributed by atoms with Gasteiger partial charge in [0.2, 0.25) is 11.8 Å². The van der Waals surface area contributed by atoms with Crippen molar-refractivity contribution in [3.05, 3.63) is 93.5 Å². The highest BCUT2D eigenvalue weighted by atomic mass is 35.5. The highest BCUT2D eigenvalue weighted by Crippen LogP contribution is 2.29. The number of rotatable bonds is 11. The monoisotopic (exact) mass is 570 g/mol. The number of ether oxygens (including phenoxy) is 2. The highest BCUT2D eigenvalue weighted by Gasteiger charge is 2.32. The first kappa shape index (κ1) is 30.3. The number of carbonyl (C=O) groups is 2. The second-order valence-corrected chi connectivity index (χ2v) is 11.2. The van der Waals surface area contributed by atoms with E-state index in [1.165, 1.54) is 0 Å². The molecule has 3 aromatic rings. The minimum atomic E-state index is -0.753. The molecule has 39 heavy (non-hydrogen) atoms. The van der Waals surface area contributed by atoms with Gasteiger partial charge in [-0.25, -0.2) is 0 Å². The van der Waals surface area contributed by atoms with Gasteiger partial charge in [-0.15, -0.1) is 0 Å². The van der Waals surface area contributed by atoms with Gasteiger partial charge in [-0.3, -0.25) is 9.59 Å². The molecule has 0 aliphatic rings. The van der Waals surface area contributed by atoms with Crippen LogP contribution in [0.25, 0.3) is 0 Å². The maximum absolute atomic E-state index is 13.9. The topological polar surface area (TPSA) is 67.9 Å². The Kier molecular flexibility index (Phi) is 10.7. The molecule has 3 rings (SSSR count). The number of benzene rings is 3. The Morgan fingerprint density at radius 2 is 1.59 bits per heavy atom. The van der Waals surface area contributed by atoms with E-state index in [0.717, 1.165) is 11.1 Å². The smallest absolute Gasteiger partial charge is 0.243 e. The quantitative estimate of drug-likeness (QED) is 0.286. The summed E-state index contributed by atoms with van der Waals surface area (Å²) < 4.78 is 10.7. The molecule has 0 aliphatic carbocycles. The van der Waals surface area contributed by atoms with Gasteiger partial charge in [0.15, 0.2) is 11.5 Å². The molecule has 0 saturated carbocycles. The first-order chi connectivity index (χ1) is 18.5. The number of hydrogen-bond acceptors (Lipinski definition) is 4. The molecule has 0 heterocycles. The molecule has 0 aliphatic heterocycles. The summed E-state index contributed by atoms with van der Waals surface area (Å²) in [5.74, 6) is 0.823. The third kappa shape index (κ3) is 8.91. The largest absolute Gasteiger partial charge is 0.493 e. The van der Waals surface area contributed by atoms with Crippen LogP contribution < -0.4 is 14.8 Å². The van der Waals surface area contributed by atoms with E-state index in [4.69, 9.17) is 32.7 Å². The number of carbonyl (C=O) groups excluding carboxylic acids is 2. The number of nitrogens with zero attached hydrogens (tertiary/aromatic N) is 1. The van der Waals surface area contributed by atoms with Crippen LogP contribution in [0.5, 0.6) is 11.5 Å². The normalized spacial score (nSPS) is 12.0. The molecule has 0 saturated heterocycles. The fraction of sp³-hybridized carbons (Fsp3) is 0.355. The highest BCUT2D eigenvalue weighted by molar-refractivity contribution is 6.35. The van der Waals surface area contributed by atoms with E-state index in [-0.39, 0.29) is 24.8 Å². The minimum Gasteiger partial charge on any atom is -0.493 e. The van der Waals surface area contributed by atoms with Crippen LogP contribution in [0.3, 0.4) is 0 Å². The average molecular weight is 572 g/mol. The molecule has 1 unspecified atom stereocenters. The summed E-state index contributed by atoms with van der Waals surface area (Å²) in [6, 6.07) is 19.7. The SMILES string of the molecule is COc1ccc(CCC(=O)N(Cc2ccc(Cl)cc2Cl)C(Cc2ccccc2)C(=O)NC(C)(C)C)cc1OC. The van der Waals surface area contributed by atoms with Crippen LogP contribution in [0.1, 0.15) is 43.9 Å². The predicted octanol–water partition coefficient (Wildman–Crippen LogP) is 6.50. The summed E-state index contributed by atoms with van der Waals surface area (Å²) in [6.07, 6.45) is 1.01. The summed E-state index contributed by atoms with van der Waals surface area (Å²) in [6.45, 7) is 5.92. The number of aryl methyl sites for hydroxylation is 1. The number of hydrogen-bond donors (Lipinski definition) is 1. The average Bonchev–Trinajstić information content (AvgIpc) is 2.89. The Bertz CT molecular complexity index is 1280. The minimum absolute atomic E-state index is 0.163. The van der Waals surface area contributed by atoms with Crippen molar-refractivity contribution in [3.8, 4) is 11.5 Å². The zero-order valence-electron chi connectivity index (χ0n) is 23.1. The van der Waals surface area contributed by atoms with Gasteiger partial charge in [0.05, 0.1) is 14.2 Å². The van der Waals surface area contributed by atoms with Crippen LogP contribution in [-0.4, -0.2) is 42.5 Å². The molecule has 0 bridgehead atoms. The molecule has 0 radical (unpaired) electrons. The Morgan fingerprint density at radius 1 is 0.897 bits per heavy atom. The summed E-state index contributed by atoms with van der Waals surface area (Å²) in [5, 5.41) is 4.01. The number of halogens is 2. The van der Waals surface area contributed by atoms with E-state index in [1.54, 1.807) is 37.3 Å². The maximum Gasteiger partial charge on any atom is 0.243 e. The molecular weight excluding hydrogens is 535 g/mol. The molecule has 0 aromatic heterocycles. The Labute approximate surface area is 241 Å². The van der Waals surface area contributed by atoms with E-state index < -0.39 is 11.6 Å². The molecule has 6 nitrogen and oxygen atoms in total. The van der Waals surface area contributed by atoms with Crippen LogP contribution in [0.15, 0.2) is 66.7 Å². The molecule has 2 amide bonds. The Morgan fingerprint density at radius 3 is 2.21 bits per heavy atom. The van der Waals surface area contributed by atoms with Gasteiger partial charge in [0.1, 0.15) is 6.04 Å². The maximum atomic E-state index is 13.9. The van der Waals surface area contributed by atoms with Crippen molar-refractivity contribution < 1.29 is 19.1 Å². The fourth-order valence-corrected chi connectivity index (χ4v) is 4.74. The second-order valence-electron chi connectivity index (χ2n) is 10.4. The Hall–Kier alpha value is -3.22. The molecule has 1 N–H and O–H groups in total. The predicted molar refractivity (Wildman–Crippen MR) is 157 cm³/mol. The molecular formula is C31H36Cl2N2O4. The van der Waals surface area contributed by atoms with Gasteiger partial charge in [-0.05, 0) is 68.1 Å². The van der Waals surface area contributed by atoms with Crippen molar-refractivity contribution in [3.63, 3.8) is 0 Å². The van der Waals surface area contributed by atoms with Crippen LogP contribution in [0.4, 0.5) is 0 Å². The summed E-state index contributed by atoms with van der Waals surface area (Å²) >= 11 is 12.6. The van der Waals surface area contributed by atoms with Gasteiger partial charge in [0.25, 0.3) is 0 Å². The van der Waals surface area contributed by atoms with Gasteiger partial charge in [-0.1, -0.05) is 65.7 Å². The molecule has 0 spiro atoms. The number of nitrogens with one attached hydrogen (secondary N) is 1. The number of methoxy groups -OCH3 is 2. The molecule has 1 atom stereocenters. The van der Waals surface area contributed by atoms with Gasteiger partial charge in [-0.2, -0.15) is 0 Å². The third-order valence-corrected chi connectivity index (χ3v) is 6.79. The number of amides is 2. The van der Waals surface area contributed by atoms with Crippen molar-refractivity contribution in [1.29, 1.82) is 0 Å². The lowest BCUT2D eigenvalue weighted by atomic mass is 9.99. The van der Waals surface area contributed by atoms with Crippen LogP contribution in [0.2, 0.25) is 10.0 Å². The van der Waals surface area contributed by atoms with E-state index in [0.29, 0.717) is 39.9 Å². The van der Waals surface area contributed by atoms with Crippen molar-refractivity contribution in [2.24, 2.45) is 0 Å². The summed E-state index contributed by atoms with van der Waals surface area (Å²) in [5.41, 5.74) is 2.11.